The second-order valence-electron chi connectivity index (χ2n) is 16.6. The first-order valence-corrected chi connectivity index (χ1v) is 21.9. The van der Waals surface area contributed by atoms with E-state index >= 15 is 0 Å². The lowest BCUT2D eigenvalue weighted by atomic mass is 9.89. The molecule has 6 nitrogen and oxygen atoms in total. The highest BCUT2D eigenvalue weighted by molar-refractivity contribution is 6.16. The summed E-state index contributed by atoms with van der Waals surface area (Å²) in [4.78, 5) is 15.7. The van der Waals surface area contributed by atoms with Crippen molar-refractivity contribution in [1.29, 1.82) is 5.26 Å². The predicted molar refractivity (Wildman–Crippen MR) is 262 cm³/mol. The van der Waals surface area contributed by atoms with Gasteiger partial charge in [-0.05, 0) is 76.3 Å². The Morgan fingerprint density at radius 2 is 0.985 bits per heavy atom. The average molecular weight is 829 g/mol. The Hall–Kier alpha value is -8.92. The minimum absolute atomic E-state index is 0.102. The van der Waals surface area contributed by atoms with E-state index in [4.69, 9.17) is 15.0 Å². The molecule has 1 aliphatic rings. The normalized spacial score (nSPS) is 13.1. The Kier molecular flexibility index (Phi) is 8.24. The number of rotatable bonds is 6. The lowest BCUT2D eigenvalue weighted by Gasteiger charge is -2.18. The molecule has 0 amide bonds. The minimum Gasteiger partial charge on any atom is -0.308 e. The van der Waals surface area contributed by atoms with Crippen molar-refractivity contribution in [2.24, 2.45) is 0 Å². The Morgan fingerprint density at radius 3 is 1.68 bits per heavy atom. The molecule has 0 fully saturated rings. The van der Waals surface area contributed by atoms with E-state index in [1.54, 1.807) is 0 Å². The van der Waals surface area contributed by atoms with Crippen molar-refractivity contribution in [3.8, 4) is 62.7 Å². The molecule has 0 radical (unpaired) electrons. The number of hydrogen-bond acceptors (Lipinski definition) is 4. The van der Waals surface area contributed by atoms with Crippen molar-refractivity contribution < 1.29 is 0 Å². The lowest BCUT2D eigenvalue weighted by Crippen LogP contribution is -2.07. The fourth-order valence-corrected chi connectivity index (χ4v) is 10.3. The van der Waals surface area contributed by atoms with Crippen molar-refractivity contribution in [3.63, 3.8) is 0 Å². The molecule has 3 aromatic heterocycles. The maximum atomic E-state index is 9.88. The van der Waals surface area contributed by atoms with E-state index in [1.807, 2.05) is 54.6 Å². The van der Waals surface area contributed by atoms with Gasteiger partial charge in [0.15, 0.2) is 11.6 Å². The van der Waals surface area contributed by atoms with Crippen molar-refractivity contribution in [3.05, 3.63) is 235 Å². The van der Waals surface area contributed by atoms with Gasteiger partial charge in [-0.3, -0.25) is 4.57 Å². The third-order valence-electron chi connectivity index (χ3n) is 13.1. The number of nitriles is 1. The zero-order valence-corrected chi connectivity index (χ0v) is 35.0. The summed E-state index contributed by atoms with van der Waals surface area (Å²) in [6.07, 6.45) is 0. The summed E-state index contributed by atoms with van der Waals surface area (Å²) in [5.74, 6) is 1.78. The molecule has 65 heavy (non-hydrogen) atoms. The molecule has 0 aliphatic heterocycles. The summed E-state index contributed by atoms with van der Waals surface area (Å²) in [5, 5.41) is 14.5. The molecule has 0 bridgehead atoms. The van der Waals surface area contributed by atoms with Crippen LogP contribution in [0.3, 0.4) is 0 Å². The van der Waals surface area contributed by atoms with Gasteiger partial charge in [-0.25, -0.2) is 4.98 Å². The molecule has 0 saturated carbocycles. The van der Waals surface area contributed by atoms with E-state index in [9.17, 15) is 5.26 Å². The van der Waals surface area contributed by atoms with E-state index in [0.29, 0.717) is 23.2 Å². The monoisotopic (exact) mass is 828 g/mol. The molecule has 9 aromatic carbocycles. The van der Waals surface area contributed by atoms with Gasteiger partial charge in [0.25, 0.3) is 0 Å². The maximum absolute atomic E-state index is 9.88. The fraction of sp³-hybridized carbons (Fsp3) is 0.0169. The molecule has 0 spiro atoms. The number of hydrogen-bond donors (Lipinski definition) is 0. The van der Waals surface area contributed by atoms with Gasteiger partial charge >= 0.3 is 0 Å². The van der Waals surface area contributed by atoms with Gasteiger partial charge in [-0.2, -0.15) is 15.2 Å². The van der Waals surface area contributed by atoms with Gasteiger partial charge in [0.2, 0.25) is 5.95 Å². The van der Waals surface area contributed by atoms with Crippen LogP contribution in [0.25, 0.3) is 100 Å². The molecule has 1 aliphatic carbocycles. The van der Waals surface area contributed by atoms with Crippen LogP contribution in [0.15, 0.2) is 212 Å². The highest BCUT2D eigenvalue weighted by Crippen LogP contribution is 2.53. The largest absolute Gasteiger partial charge is 0.308 e. The van der Waals surface area contributed by atoms with Crippen LogP contribution in [-0.2, 0) is 0 Å². The number of benzene rings is 9. The van der Waals surface area contributed by atoms with E-state index in [0.717, 1.165) is 60.8 Å². The van der Waals surface area contributed by atoms with Gasteiger partial charge in [-0.1, -0.05) is 164 Å². The molecule has 1 atom stereocenters. The van der Waals surface area contributed by atoms with Crippen LogP contribution < -0.4 is 0 Å². The molecule has 13 rings (SSSR count). The Labute approximate surface area is 374 Å². The average Bonchev–Trinajstić information content (AvgIpc) is 4.02. The van der Waals surface area contributed by atoms with Crippen LogP contribution in [0.1, 0.15) is 28.2 Å². The lowest BCUT2D eigenvalue weighted by molar-refractivity contribution is 0.953. The predicted octanol–water partition coefficient (Wildman–Crippen LogP) is 14.1. The number of aromatic nitrogens is 5. The van der Waals surface area contributed by atoms with Crippen LogP contribution in [-0.4, -0.2) is 24.1 Å². The molecule has 302 valence electrons. The number of fused-ring (bicyclic) bond motifs is 10. The highest BCUT2D eigenvalue weighted by Gasteiger charge is 2.33. The second-order valence-corrected chi connectivity index (χ2v) is 16.6. The Morgan fingerprint density at radius 1 is 0.415 bits per heavy atom. The first kappa shape index (κ1) is 36.7. The molecule has 12 aromatic rings. The summed E-state index contributed by atoms with van der Waals surface area (Å²) in [7, 11) is 0. The third-order valence-corrected chi connectivity index (χ3v) is 13.1. The van der Waals surface area contributed by atoms with Crippen molar-refractivity contribution in [2.75, 3.05) is 0 Å². The zero-order valence-electron chi connectivity index (χ0n) is 35.0. The molecule has 1 unspecified atom stereocenters. The standard InChI is InChI=1S/C59H36N6/c60-36-37-27-29-38(30-28-37)49-35-41(58-61-57(40-17-5-2-6-18-40)62-59(63-58)65-51-25-13-9-19-42(51)43-20-10-14-26-52(43)65)31-34-53(49)64-50-24-12-11-21-44(50)47-32-33-48-54(39-15-3-1-4-16-39)45-22-7-8-23-46(45)55(48)56(47)64/h1-35,54H. The number of para-hydroxylation sites is 3. The SMILES string of the molecule is N#Cc1ccc(-c2cc(-c3nc(-c4ccccc4)nc(-n4c5ccccc5c5ccccc54)n3)ccc2-n2c3ccccc3c3ccc4c(c32)-c2ccccc2C4c2ccccc2)cc1. The summed E-state index contributed by atoms with van der Waals surface area (Å²) in [6.45, 7) is 0. The fourth-order valence-electron chi connectivity index (χ4n) is 10.3. The quantitative estimate of drug-likeness (QED) is 0.167. The summed E-state index contributed by atoms with van der Waals surface area (Å²) >= 11 is 0. The van der Waals surface area contributed by atoms with E-state index < -0.39 is 0 Å². The van der Waals surface area contributed by atoms with Gasteiger partial charge in [0.1, 0.15) is 0 Å². The maximum Gasteiger partial charge on any atom is 0.238 e. The molecular weight excluding hydrogens is 793 g/mol. The second kappa shape index (κ2) is 14.6. The Bertz CT molecular complexity index is 3840. The highest BCUT2D eigenvalue weighted by atomic mass is 15.2. The molecular formula is C59H36N6. The molecule has 3 heterocycles. The first-order chi connectivity index (χ1) is 32.2. The zero-order chi connectivity index (χ0) is 43.0. The van der Waals surface area contributed by atoms with Crippen LogP contribution in [0.5, 0.6) is 0 Å². The molecule has 6 heteroatoms. The van der Waals surface area contributed by atoms with Crippen LogP contribution in [0, 0.1) is 11.3 Å². The van der Waals surface area contributed by atoms with E-state index in [2.05, 4.69) is 173 Å². The summed E-state index contributed by atoms with van der Waals surface area (Å²) in [5.41, 5.74) is 16.0. The number of nitrogens with zero attached hydrogens (tertiary/aromatic N) is 6. The first-order valence-electron chi connectivity index (χ1n) is 21.9. The van der Waals surface area contributed by atoms with Gasteiger partial charge in [-0.15, -0.1) is 0 Å². The summed E-state index contributed by atoms with van der Waals surface area (Å²) < 4.78 is 4.61. The van der Waals surface area contributed by atoms with Crippen molar-refractivity contribution in [1.82, 2.24) is 24.1 Å². The van der Waals surface area contributed by atoms with E-state index in [-0.39, 0.29) is 5.92 Å². The third kappa shape index (κ3) is 5.69. The summed E-state index contributed by atoms with van der Waals surface area (Å²) in [6, 6.07) is 76.8. The molecule has 0 N–H and O–H groups in total. The minimum atomic E-state index is 0.102. The van der Waals surface area contributed by atoms with Crippen molar-refractivity contribution >= 4 is 43.6 Å². The van der Waals surface area contributed by atoms with Crippen LogP contribution in [0.4, 0.5) is 0 Å². The Balaban J connectivity index is 1.09. The molecule has 0 saturated heterocycles. The van der Waals surface area contributed by atoms with Crippen LogP contribution in [0.2, 0.25) is 0 Å². The van der Waals surface area contributed by atoms with Crippen LogP contribution >= 0.6 is 0 Å². The van der Waals surface area contributed by atoms with Crippen molar-refractivity contribution in [2.45, 2.75) is 5.92 Å². The smallest absolute Gasteiger partial charge is 0.238 e. The van der Waals surface area contributed by atoms with Gasteiger partial charge < -0.3 is 4.57 Å². The van der Waals surface area contributed by atoms with E-state index in [1.165, 1.54) is 38.6 Å². The van der Waals surface area contributed by atoms with Gasteiger partial charge in [0, 0.05) is 49.7 Å². The topological polar surface area (TPSA) is 72.3 Å². The van der Waals surface area contributed by atoms with Gasteiger partial charge in [0.05, 0.1) is 39.4 Å².